The predicted molar refractivity (Wildman–Crippen MR) is 96.1 cm³/mol. The van der Waals surface area contributed by atoms with Gasteiger partial charge in [-0.2, -0.15) is 0 Å². The zero-order valence-electron chi connectivity index (χ0n) is 14.8. The first-order valence-electron chi connectivity index (χ1n) is 8.06. The molecule has 2 amide bonds. The van der Waals surface area contributed by atoms with Crippen LogP contribution in [0.15, 0.2) is 48.5 Å². The van der Waals surface area contributed by atoms with E-state index in [2.05, 4.69) is 10.6 Å². The van der Waals surface area contributed by atoms with Gasteiger partial charge in [-0.25, -0.2) is 9.18 Å². The number of ether oxygens (including phenoxy) is 1. The van der Waals surface area contributed by atoms with Crippen molar-refractivity contribution in [3.63, 3.8) is 0 Å². The van der Waals surface area contributed by atoms with Gasteiger partial charge < -0.3 is 20.3 Å². The zero-order valence-corrected chi connectivity index (χ0v) is 14.8. The van der Waals surface area contributed by atoms with Crippen molar-refractivity contribution in [2.75, 3.05) is 27.7 Å². The summed E-state index contributed by atoms with van der Waals surface area (Å²) in [6.45, 7) is 0.908. The van der Waals surface area contributed by atoms with E-state index in [1.54, 1.807) is 12.1 Å². The summed E-state index contributed by atoms with van der Waals surface area (Å²) in [7, 11) is 5.32. The van der Waals surface area contributed by atoms with Gasteiger partial charge in [0.2, 0.25) is 0 Å². The Kier molecular flexibility index (Phi) is 6.77. The second-order valence-electron chi connectivity index (χ2n) is 6.02. The highest BCUT2D eigenvalue weighted by Crippen LogP contribution is 2.17. The summed E-state index contributed by atoms with van der Waals surface area (Å²) in [5.41, 5.74) is 1.69. The molecule has 25 heavy (non-hydrogen) atoms. The number of hydrogen-bond donors (Lipinski definition) is 2. The molecule has 0 fully saturated rings. The Bertz CT molecular complexity index is 692. The van der Waals surface area contributed by atoms with Gasteiger partial charge in [0.1, 0.15) is 0 Å². The highest BCUT2D eigenvalue weighted by Gasteiger charge is 2.15. The van der Waals surface area contributed by atoms with Crippen LogP contribution in [0.4, 0.5) is 9.18 Å². The normalized spacial score (nSPS) is 11.9. The van der Waals surface area contributed by atoms with Crippen LogP contribution in [0.1, 0.15) is 17.2 Å². The minimum Gasteiger partial charge on any atom is -0.494 e. The fraction of sp³-hybridized carbons (Fsp3) is 0.316. The quantitative estimate of drug-likeness (QED) is 0.811. The van der Waals surface area contributed by atoms with Gasteiger partial charge in [-0.1, -0.05) is 36.4 Å². The molecule has 0 spiro atoms. The minimum atomic E-state index is -0.447. The fourth-order valence-corrected chi connectivity index (χ4v) is 2.50. The van der Waals surface area contributed by atoms with Crippen LogP contribution in [0.5, 0.6) is 5.75 Å². The fourth-order valence-electron chi connectivity index (χ4n) is 2.50. The van der Waals surface area contributed by atoms with Crippen LogP contribution >= 0.6 is 0 Å². The molecular formula is C19H24FN3O2. The molecule has 0 bridgehead atoms. The number of rotatable bonds is 7. The summed E-state index contributed by atoms with van der Waals surface area (Å²) < 4.78 is 18.6. The molecule has 1 unspecified atom stereocenters. The van der Waals surface area contributed by atoms with Crippen LogP contribution < -0.4 is 15.4 Å². The molecule has 6 heteroatoms. The van der Waals surface area contributed by atoms with Gasteiger partial charge in [0, 0.05) is 13.1 Å². The van der Waals surface area contributed by atoms with Crippen molar-refractivity contribution in [2.24, 2.45) is 0 Å². The van der Waals surface area contributed by atoms with E-state index in [1.807, 2.05) is 49.3 Å². The maximum Gasteiger partial charge on any atom is 0.315 e. The number of carbonyl (C=O) groups is 1. The molecule has 2 aromatic rings. The van der Waals surface area contributed by atoms with Crippen molar-refractivity contribution in [3.8, 4) is 5.75 Å². The molecule has 2 rings (SSSR count). The number of urea groups is 1. The van der Waals surface area contributed by atoms with E-state index in [1.165, 1.54) is 13.2 Å². The number of methoxy groups -OCH3 is 1. The number of hydrogen-bond acceptors (Lipinski definition) is 3. The third-order valence-electron chi connectivity index (χ3n) is 3.72. The maximum absolute atomic E-state index is 13.7. The lowest BCUT2D eigenvalue weighted by Gasteiger charge is -2.23. The van der Waals surface area contributed by atoms with Crippen LogP contribution in [-0.4, -0.2) is 38.7 Å². The Morgan fingerprint density at radius 3 is 2.52 bits per heavy atom. The average Bonchev–Trinajstić information content (AvgIpc) is 2.60. The molecule has 0 saturated heterocycles. The van der Waals surface area contributed by atoms with Crippen molar-refractivity contribution < 1.29 is 13.9 Å². The number of halogens is 1. The highest BCUT2D eigenvalue weighted by atomic mass is 19.1. The summed E-state index contributed by atoms with van der Waals surface area (Å²) >= 11 is 0. The molecule has 5 nitrogen and oxygen atoms in total. The SMILES string of the molecule is COc1ccc(CNC(=O)NC(CN(C)C)c2ccccc2)cc1F. The molecule has 0 aliphatic rings. The molecule has 0 radical (unpaired) electrons. The first-order valence-corrected chi connectivity index (χ1v) is 8.06. The van der Waals surface area contributed by atoms with E-state index in [0.717, 1.165) is 5.56 Å². The molecule has 2 N–H and O–H groups in total. The number of likely N-dealkylation sites (N-methyl/N-ethyl adjacent to an activating group) is 1. The maximum atomic E-state index is 13.7. The largest absolute Gasteiger partial charge is 0.494 e. The predicted octanol–water partition coefficient (Wildman–Crippen LogP) is 2.94. The van der Waals surface area contributed by atoms with Gasteiger partial charge in [-0.15, -0.1) is 0 Å². The summed E-state index contributed by atoms with van der Waals surface area (Å²) in [5, 5.41) is 5.72. The topological polar surface area (TPSA) is 53.6 Å². The minimum absolute atomic E-state index is 0.135. The molecule has 0 aliphatic carbocycles. The summed E-state index contributed by atoms with van der Waals surface area (Å²) in [6.07, 6.45) is 0. The molecule has 0 heterocycles. The smallest absolute Gasteiger partial charge is 0.315 e. The van der Waals surface area contributed by atoms with Crippen molar-refractivity contribution in [1.29, 1.82) is 0 Å². The third kappa shape index (κ3) is 5.76. The van der Waals surface area contributed by atoms with Crippen molar-refractivity contribution in [3.05, 3.63) is 65.5 Å². The number of benzene rings is 2. The Labute approximate surface area is 147 Å². The van der Waals surface area contributed by atoms with Crippen molar-refractivity contribution >= 4 is 6.03 Å². The first-order chi connectivity index (χ1) is 12.0. The number of nitrogens with one attached hydrogen (secondary N) is 2. The van der Waals surface area contributed by atoms with Gasteiger partial charge >= 0.3 is 6.03 Å². The van der Waals surface area contributed by atoms with Gasteiger partial charge in [0.25, 0.3) is 0 Å². The Morgan fingerprint density at radius 2 is 1.92 bits per heavy atom. The van der Waals surface area contributed by atoms with Crippen molar-refractivity contribution in [2.45, 2.75) is 12.6 Å². The van der Waals surface area contributed by atoms with Crippen LogP contribution in [0.3, 0.4) is 0 Å². The molecule has 1 atom stereocenters. The molecule has 2 aromatic carbocycles. The lowest BCUT2D eigenvalue weighted by Crippen LogP contribution is -2.41. The van der Waals surface area contributed by atoms with Crippen molar-refractivity contribution in [1.82, 2.24) is 15.5 Å². The lowest BCUT2D eigenvalue weighted by atomic mass is 10.1. The zero-order chi connectivity index (χ0) is 18.2. The molecular weight excluding hydrogens is 321 g/mol. The Balaban J connectivity index is 1.96. The second kappa shape index (κ2) is 9.03. The van der Waals surface area contributed by atoms with E-state index < -0.39 is 5.82 Å². The summed E-state index contributed by atoms with van der Waals surface area (Å²) in [4.78, 5) is 14.2. The molecule has 0 aliphatic heterocycles. The van der Waals surface area contributed by atoms with Gasteiger partial charge in [-0.3, -0.25) is 0 Å². The van der Waals surface area contributed by atoms with Crippen LogP contribution in [-0.2, 0) is 6.54 Å². The van der Waals surface area contributed by atoms with Gasteiger partial charge in [-0.05, 0) is 37.4 Å². The van der Waals surface area contributed by atoms with E-state index in [4.69, 9.17) is 4.74 Å². The summed E-state index contributed by atoms with van der Waals surface area (Å²) in [6, 6.07) is 14.0. The monoisotopic (exact) mass is 345 g/mol. The van der Waals surface area contributed by atoms with Crippen LogP contribution in [0.25, 0.3) is 0 Å². The molecule has 0 saturated carbocycles. The number of nitrogens with zero attached hydrogens (tertiary/aromatic N) is 1. The van der Waals surface area contributed by atoms with Gasteiger partial charge in [0.05, 0.1) is 13.2 Å². The van der Waals surface area contributed by atoms with E-state index in [0.29, 0.717) is 12.1 Å². The standard InChI is InChI=1S/C19H24FN3O2/c1-23(2)13-17(15-7-5-4-6-8-15)22-19(24)21-12-14-9-10-18(25-3)16(20)11-14/h4-11,17H,12-13H2,1-3H3,(H2,21,22,24). The molecule has 134 valence electrons. The third-order valence-corrected chi connectivity index (χ3v) is 3.72. The van der Waals surface area contributed by atoms with E-state index >= 15 is 0 Å². The summed E-state index contributed by atoms with van der Waals surface area (Å²) in [5.74, 6) is -0.264. The van der Waals surface area contributed by atoms with Crippen LogP contribution in [0, 0.1) is 5.82 Å². The Morgan fingerprint density at radius 1 is 1.20 bits per heavy atom. The van der Waals surface area contributed by atoms with Crippen LogP contribution in [0.2, 0.25) is 0 Å². The first kappa shape index (κ1) is 18.7. The lowest BCUT2D eigenvalue weighted by molar-refractivity contribution is 0.232. The van der Waals surface area contributed by atoms with Gasteiger partial charge in [0.15, 0.2) is 11.6 Å². The average molecular weight is 345 g/mol. The number of carbonyl (C=O) groups excluding carboxylic acids is 1. The second-order valence-corrected chi connectivity index (χ2v) is 6.02. The highest BCUT2D eigenvalue weighted by molar-refractivity contribution is 5.74. The number of amides is 2. The van der Waals surface area contributed by atoms with E-state index in [9.17, 15) is 9.18 Å². The Hall–Kier alpha value is -2.60. The molecule has 0 aromatic heterocycles. The van der Waals surface area contributed by atoms with E-state index in [-0.39, 0.29) is 24.4 Å².